The third-order valence-corrected chi connectivity index (χ3v) is 6.03. The van der Waals surface area contributed by atoms with Gasteiger partial charge in [-0.25, -0.2) is 13.5 Å². The number of rotatable bonds is 6. The Balaban J connectivity index is 1.59. The van der Waals surface area contributed by atoms with Crippen LogP contribution in [0.3, 0.4) is 0 Å². The van der Waals surface area contributed by atoms with Gasteiger partial charge in [-0.2, -0.15) is 5.10 Å². The Morgan fingerprint density at radius 2 is 1.80 bits per heavy atom. The van der Waals surface area contributed by atoms with Gasteiger partial charge >= 0.3 is 0 Å². The predicted octanol–water partition coefficient (Wildman–Crippen LogP) is 5.52. The third kappa shape index (κ3) is 4.35. The first-order valence-corrected chi connectivity index (χ1v) is 11.1. The number of benzene rings is 3. The van der Waals surface area contributed by atoms with Gasteiger partial charge in [-0.15, -0.1) is 0 Å². The normalized spacial score (nSPS) is 14.9. The largest absolute Gasteiger partial charge is 0.493 e. The fourth-order valence-corrected chi connectivity index (χ4v) is 4.51. The average Bonchev–Trinajstić information content (AvgIpc) is 3.18. The standard InChI is InChI=1S/C27H23F2N3O3/c1-16-25-22(14-24(33)30-27(25)32(31-16)20-9-4-8-19(29)13-20)21-10-5-11-23(34-2)26(21)35-15-17-6-3-7-18(28)12-17/h3-13,22H,14-15H2,1-2H3,(H,30,33). The van der Waals surface area contributed by atoms with E-state index in [0.717, 1.165) is 11.1 Å². The van der Waals surface area contributed by atoms with Crippen LogP contribution in [0.15, 0.2) is 66.7 Å². The molecule has 1 aliphatic rings. The lowest BCUT2D eigenvalue weighted by molar-refractivity contribution is -0.116. The molecule has 0 aliphatic carbocycles. The van der Waals surface area contributed by atoms with Crippen molar-refractivity contribution < 1.29 is 23.0 Å². The van der Waals surface area contributed by atoms with Crippen molar-refractivity contribution >= 4 is 11.7 Å². The number of aromatic nitrogens is 2. The number of ether oxygens (including phenoxy) is 2. The molecule has 1 amide bonds. The van der Waals surface area contributed by atoms with Gasteiger partial charge in [-0.05, 0) is 48.9 Å². The molecule has 0 saturated carbocycles. The summed E-state index contributed by atoms with van der Waals surface area (Å²) in [4.78, 5) is 12.8. The summed E-state index contributed by atoms with van der Waals surface area (Å²) in [5.74, 6) is 0.152. The van der Waals surface area contributed by atoms with Gasteiger partial charge in [0.2, 0.25) is 5.91 Å². The molecule has 1 N–H and O–H groups in total. The van der Waals surface area contributed by atoms with Crippen molar-refractivity contribution in [2.75, 3.05) is 12.4 Å². The van der Waals surface area contributed by atoms with Gasteiger partial charge in [0.1, 0.15) is 24.1 Å². The number of anilines is 1. The Hall–Kier alpha value is -4.20. The molecule has 1 aliphatic heterocycles. The van der Waals surface area contributed by atoms with Gasteiger partial charge in [0.25, 0.3) is 0 Å². The monoisotopic (exact) mass is 475 g/mol. The van der Waals surface area contributed by atoms with E-state index in [1.54, 1.807) is 42.1 Å². The van der Waals surface area contributed by atoms with Crippen LogP contribution in [0.4, 0.5) is 14.6 Å². The number of nitrogens with zero attached hydrogens (tertiary/aromatic N) is 2. The number of para-hydroxylation sites is 1. The minimum absolute atomic E-state index is 0.123. The molecule has 1 aromatic heterocycles. The minimum Gasteiger partial charge on any atom is -0.493 e. The van der Waals surface area contributed by atoms with Crippen LogP contribution in [0.25, 0.3) is 5.69 Å². The molecule has 1 unspecified atom stereocenters. The summed E-state index contributed by atoms with van der Waals surface area (Å²) in [7, 11) is 1.54. The Kier molecular flexibility index (Phi) is 5.94. The van der Waals surface area contributed by atoms with Crippen LogP contribution in [0.1, 0.15) is 34.7 Å². The highest BCUT2D eigenvalue weighted by Gasteiger charge is 2.35. The van der Waals surface area contributed by atoms with E-state index in [9.17, 15) is 13.6 Å². The Morgan fingerprint density at radius 3 is 2.54 bits per heavy atom. The lowest BCUT2D eigenvalue weighted by Crippen LogP contribution is -2.25. The topological polar surface area (TPSA) is 65.4 Å². The van der Waals surface area contributed by atoms with Crippen LogP contribution < -0.4 is 14.8 Å². The summed E-state index contributed by atoms with van der Waals surface area (Å²) >= 11 is 0. The fourth-order valence-electron chi connectivity index (χ4n) is 4.51. The zero-order chi connectivity index (χ0) is 24.5. The number of fused-ring (bicyclic) bond motifs is 1. The zero-order valence-electron chi connectivity index (χ0n) is 19.2. The highest BCUT2D eigenvalue weighted by molar-refractivity contribution is 5.95. The number of aryl methyl sites for hydroxylation is 1. The predicted molar refractivity (Wildman–Crippen MR) is 127 cm³/mol. The molecule has 6 nitrogen and oxygen atoms in total. The Labute approximate surface area is 201 Å². The van der Waals surface area contributed by atoms with E-state index in [1.165, 1.54) is 24.3 Å². The molecule has 0 fully saturated rings. The molecule has 5 rings (SSSR count). The fraction of sp³-hybridized carbons (Fsp3) is 0.185. The molecule has 0 saturated heterocycles. The number of methoxy groups -OCH3 is 1. The van der Waals surface area contributed by atoms with Crippen molar-refractivity contribution in [3.05, 3.63) is 101 Å². The van der Waals surface area contributed by atoms with E-state index in [-0.39, 0.29) is 30.7 Å². The van der Waals surface area contributed by atoms with Gasteiger partial charge in [-0.1, -0.05) is 30.3 Å². The first kappa shape index (κ1) is 22.6. The van der Waals surface area contributed by atoms with Crippen LogP contribution in [-0.2, 0) is 11.4 Å². The second kappa shape index (κ2) is 9.21. The van der Waals surface area contributed by atoms with Gasteiger partial charge in [0.05, 0.1) is 18.5 Å². The maximum atomic E-state index is 13.9. The number of nitrogens with one attached hydrogen (secondary N) is 1. The molecule has 35 heavy (non-hydrogen) atoms. The molecular weight excluding hydrogens is 452 g/mol. The number of hydrogen-bond acceptors (Lipinski definition) is 4. The number of carbonyl (C=O) groups is 1. The second-order valence-corrected chi connectivity index (χ2v) is 8.34. The first-order chi connectivity index (χ1) is 16.9. The highest BCUT2D eigenvalue weighted by Crippen LogP contribution is 2.46. The molecule has 0 spiro atoms. The lowest BCUT2D eigenvalue weighted by atomic mass is 9.85. The van der Waals surface area contributed by atoms with Gasteiger partial charge < -0.3 is 14.8 Å². The van der Waals surface area contributed by atoms with Gasteiger partial charge in [0.15, 0.2) is 11.5 Å². The molecule has 0 bridgehead atoms. The van der Waals surface area contributed by atoms with E-state index in [0.29, 0.717) is 34.3 Å². The summed E-state index contributed by atoms with van der Waals surface area (Å²) < 4.78 is 40.8. The van der Waals surface area contributed by atoms with Crippen molar-refractivity contribution in [3.8, 4) is 17.2 Å². The third-order valence-electron chi connectivity index (χ3n) is 6.03. The number of amides is 1. The van der Waals surface area contributed by atoms with Crippen LogP contribution in [0.2, 0.25) is 0 Å². The molecule has 2 heterocycles. The molecule has 3 aromatic carbocycles. The summed E-state index contributed by atoms with van der Waals surface area (Å²) in [5, 5.41) is 7.52. The maximum Gasteiger partial charge on any atom is 0.226 e. The van der Waals surface area contributed by atoms with Crippen molar-refractivity contribution in [2.24, 2.45) is 0 Å². The van der Waals surface area contributed by atoms with Crippen molar-refractivity contribution in [3.63, 3.8) is 0 Å². The van der Waals surface area contributed by atoms with E-state index in [2.05, 4.69) is 10.4 Å². The van der Waals surface area contributed by atoms with Gasteiger partial charge in [0, 0.05) is 23.5 Å². The zero-order valence-corrected chi connectivity index (χ0v) is 19.2. The van der Waals surface area contributed by atoms with Crippen LogP contribution in [0, 0.1) is 18.6 Å². The summed E-state index contributed by atoms with van der Waals surface area (Å²) in [5.41, 5.74) is 3.44. The van der Waals surface area contributed by atoms with Crippen molar-refractivity contribution in [1.82, 2.24) is 9.78 Å². The van der Waals surface area contributed by atoms with Crippen molar-refractivity contribution in [2.45, 2.75) is 25.9 Å². The van der Waals surface area contributed by atoms with Crippen LogP contribution in [0.5, 0.6) is 11.5 Å². The quantitative estimate of drug-likeness (QED) is 0.399. The highest BCUT2D eigenvalue weighted by atomic mass is 19.1. The van der Waals surface area contributed by atoms with Crippen LogP contribution in [-0.4, -0.2) is 22.8 Å². The summed E-state index contributed by atoms with van der Waals surface area (Å²) in [6.45, 7) is 1.98. The second-order valence-electron chi connectivity index (χ2n) is 8.34. The van der Waals surface area contributed by atoms with Crippen molar-refractivity contribution in [1.29, 1.82) is 0 Å². The van der Waals surface area contributed by atoms with Crippen LogP contribution >= 0.6 is 0 Å². The number of hydrogen-bond donors (Lipinski definition) is 1. The number of carbonyl (C=O) groups excluding carboxylic acids is 1. The summed E-state index contributed by atoms with van der Waals surface area (Å²) in [6.07, 6.45) is 0.173. The minimum atomic E-state index is -0.399. The molecule has 0 radical (unpaired) electrons. The average molecular weight is 475 g/mol. The first-order valence-electron chi connectivity index (χ1n) is 11.1. The van der Waals surface area contributed by atoms with E-state index >= 15 is 0 Å². The maximum absolute atomic E-state index is 13.9. The summed E-state index contributed by atoms with van der Waals surface area (Å²) in [6, 6.07) is 17.7. The molecule has 1 atom stereocenters. The molecule has 178 valence electrons. The van der Waals surface area contributed by atoms with E-state index < -0.39 is 5.82 Å². The van der Waals surface area contributed by atoms with Gasteiger partial charge in [-0.3, -0.25) is 4.79 Å². The Morgan fingerprint density at radius 1 is 1.06 bits per heavy atom. The molecular formula is C27H23F2N3O3. The van der Waals surface area contributed by atoms with E-state index in [4.69, 9.17) is 9.47 Å². The molecule has 4 aromatic rings. The lowest BCUT2D eigenvalue weighted by Gasteiger charge is -2.26. The molecule has 8 heteroatoms. The smallest absolute Gasteiger partial charge is 0.226 e. The Bertz CT molecular complexity index is 1420. The SMILES string of the molecule is COc1cccc(C2CC(=O)Nc3c2c(C)nn3-c2cccc(F)c2)c1OCc1cccc(F)c1. The van der Waals surface area contributed by atoms with E-state index in [1.807, 2.05) is 19.1 Å². The number of halogens is 2.